The molecule has 1 aromatic rings. The summed E-state index contributed by atoms with van der Waals surface area (Å²) < 4.78 is 9.36. The number of rotatable bonds is 2. The lowest BCUT2D eigenvalue weighted by atomic mass is 10.2. The van der Waals surface area contributed by atoms with Gasteiger partial charge in [-0.2, -0.15) is 0 Å². The van der Waals surface area contributed by atoms with Gasteiger partial charge in [0.1, 0.15) is 11.3 Å². The first-order valence-corrected chi connectivity index (χ1v) is 4.13. The fraction of sp³-hybridized carbons (Fsp3) is 0.222. The Morgan fingerprint density at radius 3 is 2.57 bits per heavy atom. The molecule has 1 N–H and O–H groups in total. The van der Waals surface area contributed by atoms with Crippen LogP contribution in [0.3, 0.4) is 0 Å². The number of aromatic hydroxyl groups is 1. The van der Waals surface area contributed by atoms with Crippen LogP contribution >= 0.6 is 11.6 Å². The fourth-order valence-corrected chi connectivity index (χ4v) is 1.17. The van der Waals surface area contributed by atoms with Crippen molar-refractivity contribution >= 4 is 17.6 Å². The van der Waals surface area contributed by atoms with Crippen LogP contribution in [0.5, 0.6) is 11.5 Å². The summed E-state index contributed by atoms with van der Waals surface area (Å²) in [6, 6.07) is 2.91. The van der Waals surface area contributed by atoms with Gasteiger partial charge < -0.3 is 14.6 Å². The molecule has 0 atom stereocenters. The minimum Gasteiger partial charge on any atom is -0.505 e. The summed E-state index contributed by atoms with van der Waals surface area (Å²) in [4.78, 5) is 11.2. The van der Waals surface area contributed by atoms with Crippen molar-refractivity contribution < 1.29 is 19.4 Å². The monoisotopic (exact) mass is 216 g/mol. The largest absolute Gasteiger partial charge is 0.505 e. The SMILES string of the molecule is COC(=O)c1c(OC)ccc(Cl)c1O. The van der Waals surface area contributed by atoms with Crippen molar-refractivity contribution in [1.82, 2.24) is 0 Å². The number of methoxy groups -OCH3 is 2. The Hall–Kier alpha value is -1.42. The molecule has 14 heavy (non-hydrogen) atoms. The molecular formula is C9H9ClO4. The minimum absolute atomic E-state index is 0.0671. The molecule has 5 heteroatoms. The number of phenolic OH excluding ortho intramolecular Hbond substituents is 1. The highest BCUT2D eigenvalue weighted by molar-refractivity contribution is 6.32. The predicted molar refractivity (Wildman–Crippen MR) is 51.0 cm³/mol. The Balaban J connectivity index is 3.35. The van der Waals surface area contributed by atoms with Gasteiger partial charge in [0.05, 0.1) is 19.2 Å². The standard InChI is InChI=1S/C9H9ClO4/c1-13-6-4-3-5(10)8(11)7(6)9(12)14-2/h3-4,11H,1-2H3. The van der Waals surface area contributed by atoms with Crippen molar-refractivity contribution in [3.05, 3.63) is 22.7 Å². The van der Waals surface area contributed by atoms with Crippen LogP contribution < -0.4 is 4.74 Å². The summed E-state index contributed by atoms with van der Waals surface area (Å²) in [6.45, 7) is 0. The zero-order valence-corrected chi connectivity index (χ0v) is 8.46. The second-order valence-electron chi connectivity index (χ2n) is 2.46. The average Bonchev–Trinajstić information content (AvgIpc) is 2.20. The summed E-state index contributed by atoms with van der Waals surface area (Å²) >= 11 is 5.63. The van der Waals surface area contributed by atoms with Gasteiger partial charge in [-0.1, -0.05) is 11.6 Å². The number of ether oxygens (including phenoxy) is 2. The molecule has 0 radical (unpaired) electrons. The molecule has 1 aromatic carbocycles. The molecule has 0 aliphatic heterocycles. The van der Waals surface area contributed by atoms with Crippen LogP contribution in [-0.2, 0) is 4.74 Å². The maximum atomic E-state index is 11.2. The van der Waals surface area contributed by atoms with E-state index in [1.807, 2.05) is 0 Å². The summed E-state index contributed by atoms with van der Waals surface area (Å²) in [5, 5.41) is 9.57. The molecule has 0 fully saturated rings. The third-order valence-electron chi connectivity index (χ3n) is 1.70. The summed E-state index contributed by atoms with van der Waals surface area (Å²) in [5.41, 5.74) is -0.0671. The number of hydrogen-bond acceptors (Lipinski definition) is 4. The summed E-state index contributed by atoms with van der Waals surface area (Å²) in [6.07, 6.45) is 0. The maximum Gasteiger partial charge on any atom is 0.345 e. The van der Waals surface area contributed by atoms with E-state index in [1.165, 1.54) is 26.4 Å². The van der Waals surface area contributed by atoms with Crippen molar-refractivity contribution in [3.8, 4) is 11.5 Å². The predicted octanol–water partition coefficient (Wildman–Crippen LogP) is 1.84. The van der Waals surface area contributed by atoms with Crippen LogP contribution in [0.2, 0.25) is 5.02 Å². The number of halogens is 1. The number of carbonyl (C=O) groups is 1. The molecule has 0 aromatic heterocycles. The van der Waals surface area contributed by atoms with Crippen LogP contribution in [0.4, 0.5) is 0 Å². The highest BCUT2D eigenvalue weighted by atomic mass is 35.5. The third kappa shape index (κ3) is 1.75. The Morgan fingerprint density at radius 2 is 2.07 bits per heavy atom. The first-order chi connectivity index (χ1) is 6.61. The lowest BCUT2D eigenvalue weighted by Crippen LogP contribution is -2.04. The van der Waals surface area contributed by atoms with Gasteiger partial charge in [-0.15, -0.1) is 0 Å². The molecule has 0 aliphatic rings. The maximum absolute atomic E-state index is 11.2. The number of hydrogen-bond donors (Lipinski definition) is 1. The third-order valence-corrected chi connectivity index (χ3v) is 2.00. The van der Waals surface area contributed by atoms with Crippen LogP contribution in [0.15, 0.2) is 12.1 Å². The quantitative estimate of drug-likeness (QED) is 0.767. The molecule has 0 saturated heterocycles. The summed E-state index contributed by atoms with van der Waals surface area (Å²) in [7, 11) is 2.59. The average molecular weight is 217 g/mol. The molecule has 0 spiro atoms. The van der Waals surface area contributed by atoms with Crippen LogP contribution in [-0.4, -0.2) is 25.3 Å². The smallest absolute Gasteiger partial charge is 0.345 e. The van der Waals surface area contributed by atoms with Gasteiger partial charge in [0.2, 0.25) is 0 Å². The van der Waals surface area contributed by atoms with Crippen molar-refractivity contribution in [2.75, 3.05) is 14.2 Å². The molecule has 0 amide bonds. The van der Waals surface area contributed by atoms with Crippen LogP contribution in [0, 0.1) is 0 Å². The number of esters is 1. The Morgan fingerprint density at radius 1 is 1.43 bits per heavy atom. The van der Waals surface area contributed by atoms with Gasteiger partial charge in [0.25, 0.3) is 0 Å². The molecule has 1 rings (SSSR count). The van der Waals surface area contributed by atoms with E-state index in [0.717, 1.165) is 0 Å². The van der Waals surface area contributed by atoms with E-state index in [0.29, 0.717) is 0 Å². The van der Waals surface area contributed by atoms with Crippen molar-refractivity contribution in [2.45, 2.75) is 0 Å². The van der Waals surface area contributed by atoms with E-state index < -0.39 is 5.97 Å². The van der Waals surface area contributed by atoms with Crippen molar-refractivity contribution in [1.29, 1.82) is 0 Å². The van der Waals surface area contributed by atoms with Gasteiger partial charge in [0.15, 0.2) is 5.75 Å². The van der Waals surface area contributed by atoms with Crippen molar-refractivity contribution in [3.63, 3.8) is 0 Å². The molecule has 0 aliphatic carbocycles. The number of carbonyl (C=O) groups excluding carboxylic acids is 1. The molecular weight excluding hydrogens is 208 g/mol. The Bertz CT molecular complexity index is 362. The van der Waals surface area contributed by atoms with Gasteiger partial charge in [-0.3, -0.25) is 0 Å². The Kier molecular flexibility index (Phi) is 3.19. The molecule has 0 heterocycles. The highest BCUT2D eigenvalue weighted by Gasteiger charge is 2.20. The molecule has 4 nitrogen and oxygen atoms in total. The van der Waals surface area contributed by atoms with E-state index in [9.17, 15) is 9.90 Å². The van der Waals surface area contributed by atoms with E-state index in [1.54, 1.807) is 0 Å². The molecule has 0 unspecified atom stereocenters. The fourth-order valence-electron chi connectivity index (χ4n) is 1.02. The van der Waals surface area contributed by atoms with E-state index >= 15 is 0 Å². The lowest BCUT2D eigenvalue weighted by molar-refractivity contribution is 0.0593. The molecule has 0 bridgehead atoms. The highest BCUT2D eigenvalue weighted by Crippen LogP contribution is 2.34. The normalized spacial score (nSPS) is 9.64. The van der Waals surface area contributed by atoms with E-state index in [4.69, 9.17) is 16.3 Å². The molecule has 0 saturated carbocycles. The zero-order valence-electron chi connectivity index (χ0n) is 7.70. The van der Waals surface area contributed by atoms with Crippen molar-refractivity contribution in [2.24, 2.45) is 0 Å². The van der Waals surface area contributed by atoms with Gasteiger partial charge >= 0.3 is 5.97 Å². The van der Waals surface area contributed by atoms with Gasteiger partial charge in [-0.25, -0.2) is 4.79 Å². The van der Waals surface area contributed by atoms with Crippen LogP contribution in [0.25, 0.3) is 0 Å². The van der Waals surface area contributed by atoms with E-state index in [2.05, 4.69) is 4.74 Å². The number of benzene rings is 1. The first-order valence-electron chi connectivity index (χ1n) is 3.75. The second-order valence-corrected chi connectivity index (χ2v) is 2.87. The Labute approximate surface area is 86.0 Å². The summed E-state index contributed by atoms with van der Waals surface area (Å²) in [5.74, 6) is -0.807. The minimum atomic E-state index is -0.693. The lowest BCUT2D eigenvalue weighted by Gasteiger charge is -2.09. The topological polar surface area (TPSA) is 55.8 Å². The van der Waals surface area contributed by atoms with Gasteiger partial charge in [0, 0.05) is 0 Å². The number of phenols is 1. The van der Waals surface area contributed by atoms with Crippen LogP contribution in [0.1, 0.15) is 10.4 Å². The zero-order chi connectivity index (χ0) is 10.7. The van der Waals surface area contributed by atoms with Gasteiger partial charge in [-0.05, 0) is 12.1 Å². The van der Waals surface area contributed by atoms with E-state index in [-0.39, 0.29) is 22.1 Å². The second kappa shape index (κ2) is 4.19. The molecule has 76 valence electrons. The first kappa shape index (κ1) is 10.7.